The second-order valence-electron chi connectivity index (χ2n) is 10.3. The number of hydrogen-bond donors (Lipinski definition) is 2. The maximum atomic E-state index is 12.8. The number of amides is 2. The van der Waals surface area contributed by atoms with Gasteiger partial charge in [0.1, 0.15) is 0 Å². The number of nitrogens with one attached hydrogen (secondary N) is 2. The molecule has 4 rings (SSSR count). The SMILES string of the molecule is CC(C)(C)c1ccc(C(=O)NCCC(=O)Nc2ccc(N3CCOCC3)cc2N2CCOCC2)cc1. The number of morpholine rings is 2. The zero-order valence-electron chi connectivity index (χ0n) is 21.6. The van der Waals surface area contributed by atoms with Crippen molar-refractivity contribution in [1.29, 1.82) is 0 Å². The molecule has 2 aromatic carbocycles. The van der Waals surface area contributed by atoms with Gasteiger partial charge in [0.05, 0.1) is 37.8 Å². The third kappa shape index (κ3) is 6.77. The third-order valence-corrected chi connectivity index (χ3v) is 6.63. The molecule has 2 heterocycles. The Balaban J connectivity index is 1.35. The first kappa shape index (κ1) is 26.0. The zero-order chi connectivity index (χ0) is 25.5. The van der Waals surface area contributed by atoms with Gasteiger partial charge in [0, 0.05) is 50.4 Å². The van der Waals surface area contributed by atoms with Gasteiger partial charge in [-0.3, -0.25) is 9.59 Å². The normalized spacial score (nSPS) is 16.5. The van der Waals surface area contributed by atoms with E-state index in [1.807, 2.05) is 36.4 Å². The van der Waals surface area contributed by atoms with Crippen molar-refractivity contribution in [3.8, 4) is 0 Å². The highest BCUT2D eigenvalue weighted by Gasteiger charge is 2.20. The van der Waals surface area contributed by atoms with Crippen LogP contribution in [-0.2, 0) is 19.7 Å². The highest BCUT2D eigenvalue weighted by atomic mass is 16.5. The molecule has 0 bridgehead atoms. The molecule has 2 fully saturated rings. The predicted octanol–water partition coefficient (Wildman–Crippen LogP) is 3.42. The van der Waals surface area contributed by atoms with Crippen molar-refractivity contribution < 1.29 is 19.1 Å². The lowest BCUT2D eigenvalue weighted by Gasteiger charge is -2.33. The van der Waals surface area contributed by atoms with Gasteiger partial charge in [-0.25, -0.2) is 0 Å². The van der Waals surface area contributed by atoms with E-state index in [2.05, 4.69) is 47.3 Å². The van der Waals surface area contributed by atoms with Crippen LogP contribution in [-0.4, -0.2) is 71.0 Å². The average Bonchev–Trinajstić information content (AvgIpc) is 2.89. The van der Waals surface area contributed by atoms with Crippen LogP contribution in [0.4, 0.5) is 17.1 Å². The number of ether oxygens (including phenoxy) is 2. The molecular weight excluding hydrogens is 456 g/mol. The first-order chi connectivity index (χ1) is 17.3. The molecule has 8 nitrogen and oxygen atoms in total. The molecule has 2 aliphatic heterocycles. The summed E-state index contributed by atoms with van der Waals surface area (Å²) in [6.45, 7) is 12.7. The van der Waals surface area contributed by atoms with E-state index in [9.17, 15) is 9.59 Å². The van der Waals surface area contributed by atoms with Gasteiger partial charge in [-0.1, -0.05) is 32.9 Å². The Morgan fingerprint density at radius 3 is 2.08 bits per heavy atom. The number of anilines is 3. The summed E-state index contributed by atoms with van der Waals surface area (Å²) >= 11 is 0. The van der Waals surface area contributed by atoms with Gasteiger partial charge in [0.2, 0.25) is 5.91 Å². The van der Waals surface area contributed by atoms with E-state index in [1.165, 1.54) is 5.56 Å². The molecule has 2 saturated heterocycles. The molecule has 0 radical (unpaired) electrons. The molecule has 2 amide bonds. The van der Waals surface area contributed by atoms with Crippen LogP contribution in [0.25, 0.3) is 0 Å². The molecule has 0 aliphatic carbocycles. The Kier molecular flexibility index (Phi) is 8.48. The summed E-state index contributed by atoms with van der Waals surface area (Å²) in [5, 5.41) is 5.92. The molecule has 0 saturated carbocycles. The maximum Gasteiger partial charge on any atom is 0.251 e. The zero-order valence-corrected chi connectivity index (χ0v) is 21.6. The van der Waals surface area contributed by atoms with E-state index >= 15 is 0 Å². The fourth-order valence-corrected chi connectivity index (χ4v) is 4.44. The summed E-state index contributed by atoms with van der Waals surface area (Å²) in [5.74, 6) is -0.306. The Hall–Kier alpha value is -3.10. The van der Waals surface area contributed by atoms with Gasteiger partial charge in [0.15, 0.2) is 0 Å². The number of nitrogens with zero attached hydrogens (tertiary/aromatic N) is 2. The Bertz CT molecular complexity index is 1040. The van der Waals surface area contributed by atoms with Crippen molar-refractivity contribution in [3.05, 3.63) is 53.6 Å². The fraction of sp³-hybridized carbons (Fsp3) is 0.500. The van der Waals surface area contributed by atoms with Crippen molar-refractivity contribution in [2.45, 2.75) is 32.6 Å². The Labute approximate surface area is 213 Å². The van der Waals surface area contributed by atoms with Crippen molar-refractivity contribution >= 4 is 28.9 Å². The molecule has 194 valence electrons. The van der Waals surface area contributed by atoms with Gasteiger partial charge < -0.3 is 29.9 Å². The van der Waals surface area contributed by atoms with Crippen molar-refractivity contribution in [2.24, 2.45) is 0 Å². The molecule has 0 unspecified atom stereocenters. The molecule has 0 atom stereocenters. The second-order valence-corrected chi connectivity index (χ2v) is 10.3. The number of carbonyl (C=O) groups excluding carboxylic acids is 2. The topological polar surface area (TPSA) is 83.1 Å². The number of rotatable bonds is 7. The van der Waals surface area contributed by atoms with Crippen molar-refractivity contribution in [2.75, 3.05) is 74.3 Å². The molecule has 36 heavy (non-hydrogen) atoms. The molecule has 2 aliphatic rings. The van der Waals surface area contributed by atoms with E-state index in [1.54, 1.807) is 0 Å². The van der Waals surface area contributed by atoms with E-state index in [0.717, 1.165) is 56.5 Å². The van der Waals surface area contributed by atoms with Gasteiger partial charge in [-0.2, -0.15) is 0 Å². The lowest BCUT2D eigenvalue weighted by atomic mass is 9.87. The second kappa shape index (κ2) is 11.8. The summed E-state index contributed by atoms with van der Waals surface area (Å²) < 4.78 is 11.0. The van der Waals surface area contributed by atoms with Gasteiger partial charge in [0.25, 0.3) is 5.91 Å². The minimum atomic E-state index is -0.174. The minimum absolute atomic E-state index is 0.0353. The largest absolute Gasteiger partial charge is 0.378 e. The van der Waals surface area contributed by atoms with Gasteiger partial charge >= 0.3 is 0 Å². The summed E-state index contributed by atoms with van der Waals surface area (Å²) in [6, 6.07) is 13.8. The van der Waals surface area contributed by atoms with Crippen LogP contribution in [0.1, 0.15) is 43.1 Å². The lowest BCUT2D eigenvalue weighted by Crippen LogP contribution is -2.38. The molecule has 2 aromatic rings. The molecule has 2 N–H and O–H groups in total. The Morgan fingerprint density at radius 2 is 1.47 bits per heavy atom. The highest BCUT2D eigenvalue weighted by Crippen LogP contribution is 2.32. The van der Waals surface area contributed by atoms with E-state index in [4.69, 9.17) is 9.47 Å². The number of benzene rings is 2. The fourth-order valence-electron chi connectivity index (χ4n) is 4.44. The van der Waals surface area contributed by atoms with Crippen LogP contribution < -0.4 is 20.4 Å². The van der Waals surface area contributed by atoms with Gasteiger partial charge in [-0.05, 0) is 41.3 Å². The lowest BCUT2D eigenvalue weighted by molar-refractivity contribution is -0.116. The monoisotopic (exact) mass is 494 g/mol. The van der Waals surface area contributed by atoms with Gasteiger partial charge in [-0.15, -0.1) is 0 Å². The molecular formula is C28H38N4O4. The Morgan fingerprint density at radius 1 is 0.861 bits per heavy atom. The summed E-state index contributed by atoms with van der Waals surface area (Å²) in [7, 11) is 0. The van der Waals surface area contributed by atoms with Crippen LogP contribution >= 0.6 is 0 Å². The molecule has 0 spiro atoms. The first-order valence-corrected chi connectivity index (χ1v) is 12.8. The quantitative estimate of drug-likeness (QED) is 0.614. The number of carbonyl (C=O) groups is 2. The highest BCUT2D eigenvalue weighted by molar-refractivity contribution is 5.97. The summed E-state index contributed by atoms with van der Waals surface area (Å²) in [6.07, 6.45) is 0.194. The minimum Gasteiger partial charge on any atom is -0.378 e. The predicted molar refractivity (Wildman–Crippen MR) is 143 cm³/mol. The smallest absolute Gasteiger partial charge is 0.251 e. The van der Waals surface area contributed by atoms with E-state index in [-0.39, 0.29) is 30.2 Å². The summed E-state index contributed by atoms with van der Waals surface area (Å²) in [5.41, 5.74) is 4.71. The average molecular weight is 495 g/mol. The van der Waals surface area contributed by atoms with Crippen LogP contribution in [0.3, 0.4) is 0 Å². The van der Waals surface area contributed by atoms with E-state index in [0.29, 0.717) is 18.8 Å². The van der Waals surface area contributed by atoms with Crippen molar-refractivity contribution in [1.82, 2.24) is 5.32 Å². The standard InChI is InChI=1S/C28H38N4O4/c1-28(2,3)22-6-4-21(5-7-22)27(34)29-11-10-26(33)30-24-9-8-23(31-12-16-35-17-13-31)20-25(24)32-14-18-36-19-15-32/h4-9,20H,10-19H2,1-3H3,(H,29,34)(H,30,33). The number of hydrogen-bond acceptors (Lipinski definition) is 6. The van der Waals surface area contributed by atoms with Crippen LogP contribution in [0, 0.1) is 0 Å². The molecule has 8 heteroatoms. The first-order valence-electron chi connectivity index (χ1n) is 12.8. The molecule has 0 aromatic heterocycles. The van der Waals surface area contributed by atoms with E-state index < -0.39 is 0 Å². The van der Waals surface area contributed by atoms with Crippen molar-refractivity contribution in [3.63, 3.8) is 0 Å². The van der Waals surface area contributed by atoms with Crippen LogP contribution in [0.15, 0.2) is 42.5 Å². The third-order valence-electron chi connectivity index (χ3n) is 6.63. The van der Waals surface area contributed by atoms with Crippen LogP contribution in [0.5, 0.6) is 0 Å². The summed E-state index contributed by atoms with van der Waals surface area (Å²) in [4.78, 5) is 29.9. The maximum absolute atomic E-state index is 12.8. The van der Waals surface area contributed by atoms with Crippen LogP contribution in [0.2, 0.25) is 0 Å².